The molecule has 5 N–H and O–H groups in total. The molecule has 0 saturated heterocycles. The van der Waals surface area contributed by atoms with Crippen molar-refractivity contribution in [1.82, 2.24) is 19.9 Å². The lowest BCUT2D eigenvalue weighted by Crippen LogP contribution is -2.11. The van der Waals surface area contributed by atoms with E-state index in [-0.39, 0.29) is 22.7 Å². The number of imidazole rings is 1. The van der Waals surface area contributed by atoms with Crippen molar-refractivity contribution < 1.29 is 4.79 Å². The maximum atomic E-state index is 11.2. The number of fused-ring (bicyclic) bond motifs is 1. The number of hydrogen-bond donors (Lipinski definition) is 4. The SMILES string of the molecule is [N-]=[N+]=c1[nH]c2nc(N)[nH]c(=O)c2[nH]1. The van der Waals surface area contributed by atoms with E-state index in [1.54, 1.807) is 0 Å². The third-order valence-corrected chi connectivity index (χ3v) is 1.52. The number of nitrogens with two attached hydrogens (primary N) is 1. The first kappa shape index (κ1) is 7.32. The van der Waals surface area contributed by atoms with Crippen molar-refractivity contribution in [2.24, 2.45) is 0 Å². The molecule has 0 atom stereocenters. The molecule has 8 nitrogen and oxygen atoms in total. The van der Waals surface area contributed by atoms with Gasteiger partial charge in [0.05, 0.1) is 0 Å². The average molecular weight is 179 g/mol. The number of hydrogen-bond acceptors (Lipinski definition) is 3. The summed E-state index contributed by atoms with van der Waals surface area (Å²) >= 11 is 0. The van der Waals surface area contributed by atoms with Gasteiger partial charge in [-0.1, -0.05) is 0 Å². The molecule has 13 heavy (non-hydrogen) atoms. The van der Waals surface area contributed by atoms with Gasteiger partial charge in [-0.2, -0.15) is 4.98 Å². The van der Waals surface area contributed by atoms with Crippen molar-refractivity contribution in [2.75, 3.05) is 5.73 Å². The monoisotopic (exact) mass is 179 g/mol. The van der Waals surface area contributed by atoms with Crippen LogP contribution in [0.5, 0.6) is 0 Å². The Balaban J connectivity index is 3.08. The van der Waals surface area contributed by atoms with Crippen LogP contribution in [0.1, 0.15) is 0 Å². The van der Waals surface area contributed by atoms with Crippen LogP contribution in [-0.2, 0) is 0 Å². The number of aromatic amines is 3. The maximum Gasteiger partial charge on any atom is 0.434 e. The molecule has 0 fully saturated rings. The smallest absolute Gasteiger partial charge is 0.434 e. The number of anilines is 1. The highest BCUT2D eigenvalue weighted by atomic mass is 16.1. The average Bonchev–Trinajstić information content (AvgIpc) is 2.47. The summed E-state index contributed by atoms with van der Waals surface area (Å²) in [6.07, 6.45) is 0. The Hall–Kier alpha value is -2.34. The first-order valence-corrected chi connectivity index (χ1v) is 3.36. The Morgan fingerprint density at radius 3 is 2.85 bits per heavy atom. The predicted octanol–water partition coefficient (Wildman–Crippen LogP) is -1.71. The number of H-pyrrole nitrogens is 3. The molecule has 66 valence electrons. The second kappa shape index (κ2) is 2.32. The minimum atomic E-state index is -0.423. The molecule has 0 aliphatic carbocycles. The molecule has 0 spiro atoms. The van der Waals surface area contributed by atoms with Gasteiger partial charge in [-0.15, -0.1) is 0 Å². The summed E-state index contributed by atoms with van der Waals surface area (Å²) in [6, 6.07) is 0. The molecule has 0 aliphatic rings. The fraction of sp³-hybridized carbons (Fsp3) is 0. The number of nitrogens with zero attached hydrogens (tertiary/aromatic N) is 3. The highest BCUT2D eigenvalue weighted by Crippen LogP contribution is 1.96. The normalized spacial score (nSPS) is 10.2. The summed E-state index contributed by atoms with van der Waals surface area (Å²) in [4.78, 5) is 25.1. The lowest BCUT2D eigenvalue weighted by Gasteiger charge is -1.86. The van der Waals surface area contributed by atoms with Crippen LogP contribution in [0.3, 0.4) is 0 Å². The van der Waals surface area contributed by atoms with Crippen molar-refractivity contribution >= 4 is 17.1 Å². The zero-order chi connectivity index (χ0) is 9.42. The molecule has 2 aromatic rings. The number of nitrogens with one attached hydrogen (secondary N) is 3. The lowest BCUT2D eigenvalue weighted by molar-refractivity contribution is -0.0776. The first-order chi connectivity index (χ1) is 6.20. The van der Waals surface area contributed by atoms with Crippen molar-refractivity contribution in [2.45, 2.75) is 0 Å². The van der Waals surface area contributed by atoms with Crippen LogP contribution in [0, 0.1) is 0 Å². The second-order valence-corrected chi connectivity index (χ2v) is 2.37. The van der Waals surface area contributed by atoms with E-state index in [9.17, 15) is 4.79 Å². The van der Waals surface area contributed by atoms with E-state index in [4.69, 9.17) is 11.3 Å². The van der Waals surface area contributed by atoms with Gasteiger partial charge >= 0.3 is 5.62 Å². The third-order valence-electron chi connectivity index (χ3n) is 1.52. The second-order valence-electron chi connectivity index (χ2n) is 2.37. The molecular weight excluding hydrogens is 174 g/mol. The largest absolute Gasteiger partial charge is 0.543 e. The minimum absolute atomic E-state index is 0.00256. The molecule has 0 bridgehead atoms. The van der Waals surface area contributed by atoms with Crippen LogP contribution in [-0.4, -0.2) is 24.7 Å². The molecule has 0 radical (unpaired) electrons. The fourth-order valence-corrected chi connectivity index (χ4v) is 1.01. The van der Waals surface area contributed by atoms with Crippen molar-refractivity contribution in [3.63, 3.8) is 0 Å². The summed E-state index contributed by atoms with van der Waals surface area (Å²) in [5.74, 6) is -0.00256. The molecule has 2 aromatic heterocycles. The first-order valence-electron chi connectivity index (χ1n) is 3.36. The topological polar surface area (TPSA) is 140 Å². The Morgan fingerprint density at radius 2 is 2.15 bits per heavy atom. The van der Waals surface area contributed by atoms with Crippen LogP contribution in [0.4, 0.5) is 5.95 Å². The van der Waals surface area contributed by atoms with Gasteiger partial charge in [0.15, 0.2) is 0 Å². The highest BCUT2D eigenvalue weighted by Gasteiger charge is 2.09. The Labute approximate surface area is 70.1 Å². The molecule has 0 aromatic carbocycles. The zero-order valence-electron chi connectivity index (χ0n) is 6.33. The molecule has 0 aliphatic heterocycles. The Morgan fingerprint density at radius 1 is 1.38 bits per heavy atom. The number of rotatable bonds is 0. The number of nitrogen functional groups attached to an aromatic ring is 1. The van der Waals surface area contributed by atoms with Gasteiger partial charge in [-0.25, -0.2) is 9.97 Å². The standard InChI is InChI=1S/C5H5N7O/c6-4-9-2-1(3(13)11-4)8-5(10-2)12-7/h8H,(H4,6,9,10,11,13). The number of aromatic nitrogens is 4. The fourth-order valence-electron chi connectivity index (χ4n) is 1.01. The molecular formula is C5H5N7O. The quantitative estimate of drug-likeness (QED) is 0.282. The molecule has 0 amide bonds. The molecule has 2 rings (SSSR count). The van der Waals surface area contributed by atoms with E-state index < -0.39 is 5.56 Å². The lowest BCUT2D eigenvalue weighted by atomic mass is 10.5. The Kier molecular flexibility index (Phi) is 1.31. The zero-order valence-corrected chi connectivity index (χ0v) is 6.33. The summed E-state index contributed by atoms with van der Waals surface area (Å²) < 4.78 is 0. The van der Waals surface area contributed by atoms with Crippen LogP contribution in [0.15, 0.2) is 4.79 Å². The van der Waals surface area contributed by atoms with Gasteiger partial charge < -0.3 is 16.1 Å². The van der Waals surface area contributed by atoms with Crippen molar-refractivity contribution in [3.8, 4) is 0 Å². The van der Waals surface area contributed by atoms with E-state index >= 15 is 0 Å². The van der Waals surface area contributed by atoms with Gasteiger partial charge in [0.25, 0.3) is 5.56 Å². The van der Waals surface area contributed by atoms with E-state index in [1.165, 1.54) is 0 Å². The summed E-state index contributed by atoms with van der Waals surface area (Å²) in [5, 5.41) is 0. The summed E-state index contributed by atoms with van der Waals surface area (Å²) in [7, 11) is 0. The molecule has 0 saturated carbocycles. The van der Waals surface area contributed by atoms with Crippen molar-refractivity contribution in [3.05, 3.63) is 21.5 Å². The molecule has 2 heterocycles. The molecule has 8 heteroatoms. The van der Waals surface area contributed by atoms with Crippen molar-refractivity contribution in [1.29, 1.82) is 0 Å². The molecule has 0 unspecified atom stereocenters. The summed E-state index contributed by atoms with van der Waals surface area (Å²) in [6.45, 7) is 0. The van der Waals surface area contributed by atoms with Crippen LogP contribution < -0.4 is 16.9 Å². The van der Waals surface area contributed by atoms with Gasteiger partial charge in [0, 0.05) is 0 Å². The highest BCUT2D eigenvalue weighted by molar-refractivity contribution is 5.68. The van der Waals surface area contributed by atoms with Crippen LogP contribution >= 0.6 is 0 Å². The van der Waals surface area contributed by atoms with E-state index in [2.05, 4.69) is 24.7 Å². The third kappa shape index (κ3) is 1.01. The van der Waals surface area contributed by atoms with Crippen LogP contribution in [0.25, 0.3) is 16.7 Å². The van der Waals surface area contributed by atoms with Crippen LogP contribution in [0.2, 0.25) is 0 Å². The minimum Gasteiger partial charge on any atom is -0.543 e. The maximum absolute atomic E-state index is 11.2. The summed E-state index contributed by atoms with van der Waals surface area (Å²) in [5.41, 5.74) is 13.7. The van der Waals surface area contributed by atoms with E-state index in [0.29, 0.717) is 0 Å². The Bertz CT molecular complexity index is 595. The van der Waals surface area contributed by atoms with Gasteiger partial charge in [0.2, 0.25) is 17.1 Å². The van der Waals surface area contributed by atoms with Gasteiger partial charge in [0.1, 0.15) is 0 Å². The van der Waals surface area contributed by atoms with Gasteiger partial charge in [-0.05, 0) is 0 Å². The predicted molar refractivity (Wildman–Crippen MR) is 42.2 cm³/mol. The van der Waals surface area contributed by atoms with Gasteiger partial charge in [-0.3, -0.25) is 9.78 Å². The van der Waals surface area contributed by atoms with E-state index in [0.717, 1.165) is 0 Å². The van der Waals surface area contributed by atoms with E-state index in [1.807, 2.05) is 0 Å².